The highest BCUT2D eigenvalue weighted by molar-refractivity contribution is 7.89. The quantitative estimate of drug-likeness (QED) is 0.617. The minimum atomic E-state index is -3.80. The highest BCUT2D eigenvalue weighted by Crippen LogP contribution is 2.27. The second-order valence-electron chi connectivity index (χ2n) is 4.82. The summed E-state index contributed by atoms with van der Waals surface area (Å²) in [5.41, 5.74) is 6.60. The molecule has 1 aliphatic heterocycles. The molecule has 0 spiro atoms. The molecule has 0 amide bonds. The Morgan fingerprint density at radius 1 is 1.20 bits per heavy atom. The third-order valence-electron chi connectivity index (χ3n) is 3.42. The van der Waals surface area contributed by atoms with Crippen LogP contribution in [0.5, 0.6) is 0 Å². The fourth-order valence-electron chi connectivity index (χ4n) is 2.37. The maximum absolute atomic E-state index is 11.7. The van der Waals surface area contributed by atoms with E-state index in [1.807, 2.05) is 4.90 Å². The molecule has 20 heavy (non-hydrogen) atoms. The fourth-order valence-corrected chi connectivity index (χ4v) is 3.16. The summed E-state index contributed by atoms with van der Waals surface area (Å²) in [5, 5.41) is 14.2. The lowest BCUT2D eigenvalue weighted by atomic mass is 10.2. The second-order valence-corrected chi connectivity index (χ2v) is 6.35. The molecular weight excluding hydrogens is 280 g/mol. The van der Waals surface area contributed by atoms with Gasteiger partial charge in [-0.1, -0.05) is 0 Å². The number of nitrogen functional groups attached to an aromatic ring is 1. The number of primary sulfonamides is 1. The molecule has 1 saturated heterocycles. The number of rotatable bonds is 4. The number of hydrogen-bond acceptors (Lipinski definition) is 6. The molecule has 0 unspecified atom stereocenters. The number of nitrogens with two attached hydrogens (primary N) is 2. The molecule has 1 aromatic rings. The highest BCUT2D eigenvalue weighted by atomic mass is 32.2. The summed E-state index contributed by atoms with van der Waals surface area (Å²) < 4.78 is 23.3. The topological polar surface area (TPSA) is 113 Å². The van der Waals surface area contributed by atoms with Crippen LogP contribution in [0.25, 0.3) is 0 Å². The standard InChI is InChI=1S/C12H20N4O3S/c13-10-1-2-11(12(9-10)20(14,18)19)16-5-3-15(4-6-16)7-8-17/h1-2,9,17H,3-8,13H2,(H2,14,18,19). The van der Waals surface area contributed by atoms with Gasteiger partial charge in [0.05, 0.1) is 12.3 Å². The van der Waals surface area contributed by atoms with Crippen LogP contribution in [0.4, 0.5) is 11.4 Å². The summed E-state index contributed by atoms with van der Waals surface area (Å²) in [6.45, 7) is 3.69. The van der Waals surface area contributed by atoms with Crippen molar-refractivity contribution in [3.8, 4) is 0 Å². The van der Waals surface area contributed by atoms with Crippen molar-refractivity contribution in [1.82, 2.24) is 4.90 Å². The summed E-state index contributed by atoms with van der Waals surface area (Å²) in [4.78, 5) is 4.17. The van der Waals surface area contributed by atoms with E-state index in [0.717, 1.165) is 13.1 Å². The van der Waals surface area contributed by atoms with Gasteiger partial charge in [0.1, 0.15) is 4.90 Å². The molecule has 0 bridgehead atoms. The van der Waals surface area contributed by atoms with Crippen molar-refractivity contribution >= 4 is 21.4 Å². The molecule has 5 N–H and O–H groups in total. The van der Waals surface area contributed by atoms with Gasteiger partial charge in [-0.05, 0) is 18.2 Å². The summed E-state index contributed by atoms with van der Waals surface area (Å²) in [6, 6.07) is 4.76. The zero-order chi connectivity index (χ0) is 14.8. The first kappa shape index (κ1) is 15.0. The first-order valence-electron chi connectivity index (χ1n) is 6.42. The predicted molar refractivity (Wildman–Crippen MR) is 78.0 cm³/mol. The van der Waals surface area contributed by atoms with E-state index in [9.17, 15) is 8.42 Å². The number of sulfonamides is 1. The molecular formula is C12H20N4O3S. The summed E-state index contributed by atoms with van der Waals surface area (Å²) >= 11 is 0. The van der Waals surface area contributed by atoms with E-state index in [1.54, 1.807) is 12.1 Å². The molecule has 0 atom stereocenters. The van der Waals surface area contributed by atoms with Crippen molar-refractivity contribution < 1.29 is 13.5 Å². The Balaban J connectivity index is 2.22. The largest absolute Gasteiger partial charge is 0.399 e. The number of aliphatic hydroxyl groups excluding tert-OH is 1. The lowest BCUT2D eigenvalue weighted by Crippen LogP contribution is -2.47. The summed E-state index contributed by atoms with van der Waals surface area (Å²) in [7, 11) is -3.80. The predicted octanol–water partition coefficient (Wildman–Crippen LogP) is -0.969. The van der Waals surface area contributed by atoms with Crippen LogP contribution < -0.4 is 15.8 Å². The zero-order valence-corrected chi connectivity index (χ0v) is 12.0. The average molecular weight is 300 g/mol. The van der Waals surface area contributed by atoms with Crippen LogP contribution in [-0.4, -0.2) is 57.8 Å². The van der Waals surface area contributed by atoms with Crippen molar-refractivity contribution in [3.05, 3.63) is 18.2 Å². The first-order valence-corrected chi connectivity index (χ1v) is 7.97. The minimum absolute atomic E-state index is 0.0631. The molecule has 0 aromatic heterocycles. The van der Waals surface area contributed by atoms with Crippen molar-refractivity contribution in [2.75, 3.05) is 50.0 Å². The van der Waals surface area contributed by atoms with E-state index >= 15 is 0 Å². The van der Waals surface area contributed by atoms with Gasteiger partial charge in [-0.25, -0.2) is 13.6 Å². The molecule has 7 nitrogen and oxygen atoms in total. The number of benzene rings is 1. The average Bonchev–Trinajstić information content (AvgIpc) is 2.39. The van der Waals surface area contributed by atoms with Crippen molar-refractivity contribution in [1.29, 1.82) is 0 Å². The molecule has 0 radical (unpaired) electrons. The molecule has 0 aliphatic carbocycles. The summed E-state index contributed by atoms with van der Waals surface area (Å²) in [5.74, 6) is 0. The van der Waals surface area contributed by atoms with Crippen LogP contribution in [0.15, 0.2) is 23.1 Å². The van der Waals surface area contributed by atoms with Gasteiger partial charge in [-0.15, -0.1) is 0 Å². The second kappa shape index (κ2) is 5.96. The maximum atomic E-state index is 11.7. The molecule has 0 saturated carbocycles. The monoisotopic (exact) mass is 300 g/mol. The lowest BCUT2D eigenvalue weighted by Gasteiger charge is -2.36. The summed E-state index contributed by atoms with van der Waals surface area (Å²) in [6.07, 6.45) is 0. The number of aliphatic hydroxyl groups is 1. The van der Waals surface area contributed by atoms with E-state index in [2.05, 4.69) is 4.90 Å². The van der Waals surface area contributed by atoms with Crippen molar-refractivity contribution in [2.24, 2.45) is 5.14 Å². The van der Waals surface area contributed by atoms with Gasteiger partial charge in [0.25, 0.3) is 0 Å². The van der Waals surface area contributed by atoms with Crippen LogP contribution in [0.3, 0.4) is 0 Å². The molecule has 8 heteroatoms. The van der Waals surface area contributed by atoms with E-state index < -0.39 is 10.0 Å². The van der Waals surface area contributed by atoms with Gasteiger partial charge in [0, 0.05) is 38.4 Å². The van der Waals surface area contributed by atoms with Gasteiger partial charge >= 0.3 is 0 Å². The van der Waals surface area contributed by atoms with Crippen LogP contribution in [0, 0.1) is 0 Å². The minimum Gasteiger partial charge on any atom is -0.399 e. The van der Waals surface area contributed by atoms with Gasteiger partial charge in [-0.2, -0.15) is 0 Å². The SMILES string of the molecule is Nc1ccc(N2CCN(CCO)CC2)c(S(N)(=O)=O)c1. The van der Waals surface area contributed by atoms with Gasteiger partial charge in [0.15, 0.2) is 0 Å². The van der Waals surface area contributed by atoms with Crippen molar-refractivity contribution in [3.63, 3.8) is 0 Å². The Hall–Kier alpha value is -1.35. The zero-order valence-electron chi connectivity index (χ0n) is 11.2. The Bertz CT molecular complexity index is 568. The van der Waals surface area contributed by atoms with Gasteiger partial charge in [-0.3, -0.25) is 4.90 Å². The van der Waals surface area contributed by atoms with Gasteiger partial charge < -0.3 is 15.7 Å². The number of hydrogen-bond donors (Lipinski definition) is 3. The lowest BCUT2D eigenvalue weighted by molar-refractivity contribution is 0.188. The number of piperazine rings is 1. The van der Waals surface area contributed by atoms with Crippen LogP contribution >= 0.6 is 0 Å². The Kier molecular flexibility index (Phi) is 4.48. The smallest absolute Gasteiger partial charge is 0.240 e. The Morgan fingerprint density at radius 2 is 1.85 bits per heavy atom. The van der Waals surface area contributed by atoms with Crippen LogP contribution in [-0.2, 0) is 10.0 Å². The number of anilines is 2. The van der Waals surface area contributed by atoms with Crippen LogP contribution in [0.1, 0.15) is 0 Å². The first-order chi connectivity index (χ1) is 9.41. The van der Waals surface area contributed by atoms with Gasteiger partial charge in [0.2, 0.25) is 10.0 Å². The third-order valence-corrected chi connectivity index (χ3v) is 4.36. The van der Waals surface area contributed by atoms with E-state index in [4.69, 9.17) is 16.0 Å². The molecule has 1 aliphatic rings. The van der Waals surface area contributed by atoms with Crippen LogP contribution in [0.2, 0.25) is 0 Å². The highest BCUT2D eigenvalue weighted by Gasteiger charge is 2.22. The molecule has 1 aromatic carbocycles. The Labute approximate surface area is 118 Å². The Morgan fingerprint density at radius 3 is 2.40 bits per heavy atom. The number of nitrogens with zero attached hydrogens (tertiary/aromatic N) is 2. The molecule has 2 rings (SSSR count). The van der Waals surface area contributed by atoms with E-state index in [1.165, 1.54) is 6.07 Å². The third kappa shape index (κ3) is 3.40. The molecule has 112 valence electrons. The molecule has 1 fully saturated rings. The van der Waals surface area contributed by atoms with E-state index in [-0.39, 0.29) is 11.5 Å². The van der Waals surface area contributed by atoms with Crippen molar-refractivity contribution in [2.45, 2.75) is 4.90 Å². The number of β-amino-alcohol motifs (C(OH)–C–C–N with tert-alkyl or cyclic N) is 1. The normalized spacial score (nSPS) is 17.4. The fraction of sp³-hybridized carbons (Fsp3) is 0.500. The molecule has 1 heterocycles. The van der Waals surface area contributed by atoms with E-state index in [0.29, 0.717) is 31.0 Å². The maximum Gasteiger partial charge on any atom is 0.240 e.